The molecular formula is C11H20N2OS. The molecule has 1 aromatic heterocycles. The maximum absolute atomic E-state index is 5.55. The van der Waals surface area contributed by atoms with Crippen molar-refractivity contribution < 1.29 is 4.74 Å². The van der Waals surface area contributed by atoms with Gasteiger partial charge in [0.25, 0.3) is 0 Å². The molecule has 1 aromatic rings. The molecule has 86 valence electrons. The van der Waals surface area contributed by atoms with Gasteiger partial charge in [-0.25, -0.2) is 0 Å². The summed E-state index contributed by atoms with van der Waals surface area (Å²) in [7, 11) is 0. The fourth-order valence-corrected chi connectivity index (χ4v) is 2.50. The zero-order valence-electron chi connectivity index (χ0n) is 9.45. The minimum absolute atomic E-state index is 0.224. The van der Waals surface area contributed by atoms with Crippen molar-refractivity contribution in [3.8, 4) is 0 Å². The first-order valence-electron chi connectivity index (χ1n) is 5.37. The summed E-state index contributed by atoms with van der Waals surface area (Å²) in [6, 6.07) is 2.35. The van der Waals surface area contributed by atoms with Gasteiger partial charge in [-0.3, -0.25) is 11.3 Å². The smallest absolute Gasteiger partial charge is 0.0577 e. The Bertz CT molecular complexity index is 275. The first kappa shape index (κ1) is 12.6. The van der Waals surface area contributed by atoms with Crippen LogP contribution in [0.3, 0.4) is 0 Å². The third-order valence-corrected chi connectivity index (χ3v) is 3.45. The van der Waals surface area contributed by atoms with Crippen molar-refractivity contribution in [3.05, 3.63) is 21.9 Å². The third kappa shape index (κ3) is 3.91. The fourth-order valence-electron chi connectivity index (χ4n) is 1.48. The number of nitrogens with two attached hydrogens (primary N) is 1. The number of thiophene rings is 1. The van der Waals surface area contributed by atoms with E-state index in [1.807, 2.05) is 0 Å². The largest absolute Gasteiger partial charge is 0.381 e. The Morgan fingerprint density at radius 3 is 2.87 bits per heavy atom. The second-order valence-electron chi connectivity index (χ2n) is 3.59. The Kier molecular flexibility index (Phi) is 5.86. The molecule has 0 radical (unpaired) electrons. The van der Waals surface area contributed by atoms with Crippen LogP contribution in [0.15, 0.2) is 11.4 Å². The lowest BCUT2D eigenvalue weighted by molar-refractivity contribution is 0.125. The van der Waals surface area contributed by atoms with E-state index in [0.717, 1.165) is 26.1 Å². The van der Waals surface area contributed by atoms with Gasteiger partial charge in [-0.05, 0) is 36.8 Å². The van der Waals surface area contributed by atoms with Crippen molar-refractivity contribution in [1.82, 2.24) is 5.43 Å². The Morgan fingerprint density at radius 1 is 1.53 bits per heavy atom. The van der Waals surface area contributed by atoms with E-state index >= 15 is 0 Å². The summed E-state index contributed by atoms with van der Waals surface area (Å²) in [5.41, 5.74) is 4.16. The van der Waals surface area contributed by atoms with E-state index in [-0.39, 0.29) is 6.04 Å². The molecule has 0 saturated carbocycles. The number of nitrogens with one attached hydrogen (secondary N) is 1. The molecule has 15 heavy (non-hydrogen) atoms. The summed E-state index contributed by atoms with van der Waals surface area (Å²) < 4.78 is 5.46. The maximum atomic E-state index is 5.55. The molecule has 0 spiro atoms. The lowest BCUT2D eigenvalue weighted by Gasteiger charge is -2.15. The molecule has 0 aliphatic rings. The van der Waals surface area contributed by atoms with Gasteiger partial charge >= 0.3 is 0 Å². The zero-order chi connectivity index (χ0) is 11.1. The molecule has 1 rings (SSSR count). The van der Waals surface area contributed by atoms with E-state index in [2.05, 4.69) is 30.7 Å². The normalized spacial score (nSPS) is 13.0. The molecule has 0 bridgehead atoms. The summed E-state index contributed by atoms with van der Waals surface area (Å²) in [6.07, 6.45) is 2.00. The first-order chi connectivity index (χ1) is 7.29. The van der Waals surface area contributed by atoms with Crippen molar-refractivity contribution in [1.29, 1.82) is 0 Å². The monoisotopic (exact) mass is 228 g/mol. The predicted octanol–water partition coefficient (Wildman–Crippen LogP) is 2.38. The van der Waals surface area contributed by atoms with Crippen molar-refractivity contribution in [3.63, 3.8) is 0 Å². The zero-order valence-corrected chi connectivity index (χ0v) is 10.3. The van der Waals surface area contributed by atoms with Crippen molar-refractivity contribution >= 4 is 11.3 Å². The highest BCUT2D eigenvalue weighted by Crippen LogP contribution is 2.25. The van der Waals surface area contributed by atoms with E-state index in [1.54, 1.807) is 11.3 Å². The summed E-state index contributed by atoms with van der Waals surface area (Å²) >= 11 is 1.75. The Hall–Kier alpha value is -0.420. The number of hydrogen-bond donors (Lipinski definition) is 2. The molecule has 3 N–H and O–H groups in total. The standard InChI is InChI=1S/C11H20N2OS/c1-3-6-14-7-4-10(13-12)11-9(2)5-8-15-11/h5,8,10,13H,3-4,6-7,12H2,1-2H3. The van der Waals surface area contributed by atoms with Crippen molar-refractivity contribution in [2.75, 3.05) is 13.2 Å². The molecule has 3 nitrogen and oxygen atoms in total. The number of aryl methyl sites for hydroxylation is 1. The SMILES string of the molecule is CCCOCCC(NN)c1sccc1C. The van der Waals surface area contributed by atoms with E-state index in [9.17, 15) is 0 Å². The topological polar surface area (TPSA) is 47.3 Å². The molecule has 0 aromatic carbocycles. The van der Waals surface area contributed by atoms with Gasteiger partial charge in [0.05, 0.1) is 6.04 Å². The van der Waals surface area contributed by atoms with Crippen LogP contribution >= 0.6 is 11.3 Å². The van der Waals surface area contributed by atoms with Crippen LogP contribution in [0, 0.1) is 6.92 Å². The van der Waals surface area contributed by atoms with Crippen LogP contribution in [0.2, 0.25) is 0 Å². The Morgan fingerprint density at radius 2 is 2.33 bits per heavy atom. The van der Waals surface area contributed by atoms with E-state index in [1.165, 1.54) is 10.4 Å². The summed E-state index contributed by atoms with van der Waals surface area (Å²) in [5.74, 6) is 5.55. The van der Waals surface area contributed by atoms with E-state index in [4.69, 9.17) is 10.6 Å². The summed E-state index contributed by atoms with van der Waals surface area (Å²) in [6.45, 7) is 5.83. The fraction of sp³-hybridized carbons (Fsp3) is 0.636. The average molecular weight is 228 g/mol. The molecule has 1 heterocycles. The van der Waals surface area contributed by atoms with Gasteiger partial charge in [-0.2, -0.15) is 0 Å². The van der Waals surface area contributed by atoms with E-state index < -0.39 is 0 Å². The number of hydrazine groups is 1. The van der Waals surface area contributed by atoms with Crippen molar-refractivity contribution in [2.45, 2.75) is 32.7 Å². The van der Waals surface area contributed by atoms with Gasteiger partial charge in [0.1, 0.15) is 0 Å². The average Bonchev–Trinajstić information content (AvgIpc) is 2.65. The lowest BCUT2D eigenvalue weighted by atomic mass is 10.1. The minimum atomic E-state index is 0.224. The molecule has 0 aliphatic carbocycles. The molecule has 0 aliphatic heterocycles. The van der Waals surface area contributed by atoms with Gasteiger partial charge in [0, 0.05) is 18.1 Å². The van der Waals surface area contributed by atoms with Crippen LogP contribution in [-0.2, 0) is 4.74 Å². The molecule has 1 unspecified atom stereocenters. The van der Waals surface area contributed by atoms with Crippen LogP contribution in [0.4, 0.5) is 0 Å². The first-order valence-corrected chi connectivity index (χ1v) is 6.25. The molecule has 1 atom stereocenters. The van der Waals surface area contributed by atoms with Gasteiger partial charge < -0.3 is 4.74 Å². The summed E-state index contributed by atoms with van der Waals surface area (Å²) in [5, 5.41) is 2.10. The van der Waals surface area contributed by atoms with Gasteiger partial charge in [-0.1, -0.05) is 6.92 Å². The van der Waals surface area contributed by atoms with Crippen LogP contribution < -0.4 is 11.3 Å². The molecular weight excluding hydrogens is 208 g/mol. The van der Waals surface area contributed by atoms with Crippen LogP contribution in [0.5, 0.6) is 0 Å². The summed E-state index contributed by atoms with van der Waals surface area (Å²) in [4.78, 5) is 1.32. The Balaban J connectivity index is 2.39. The van der Waals surface area contributed by atoms with Gasteiger partial charge in [0.2, 0.25) is 0 Å². The predicted molar refractivity (Wildman–Crippen MR) is 64.8 cm³/mol. The minimum Gasteiger partial charge on any atom is -0.381 e. The molecule has 4 heteroatoms. The second kappa shape index (κ2) is 6.95. The second-order valence-corrected chi connectivity index (χ2v) is 4.54. The highest BCUT2D eigenvalue weighted by atomic mass is 32.1. The number of ether oxygens (including phenoxy) is 1. The van der Waals surface area contributed by atoms with Crippen LogP contribution in [-0.4, -0.2) is 13.2 Å². The number of hydrogen-bond acceptors (Lipinski definition) is 4. The maximum Gasteiger partial charge on any atom is 0.0577 e. The molecule has 0 amide bonds. The Labute approximate surface area is 95.6 Å². The van der Waals surface area contributed by atoms with Crippen molar-refractivity contribution in [2.24, 2.45) is 5.84 Å². The molecule has 0 saturated heterocycles. The quantitative estimate of drug-likeness (QED) is 0.428. The third-order valence-electron chi connectivity index (χ3n) is 2.32. The highest BCUT2D eigenvalue weighted by molar-refractivity contribution is 7.10. The van der Waals surface area contributed by atoms with E-state index in [0.29, 0.717) is 0 Å². The lowest BCUT2D eigenvalue weighted by Crippen LogP contribution is -2.28. The molecule has 0 fully saturated rings. The van der Waals surface area contributed by atoms with Crippen LogP contribution in [0.1, 0.15) is 36.2 Å². The van der Waals surface area contributed by atoms with Crippen LogP contribution in [0.25, 0.3) is 0 Å². The highest BCUT2D eigenvalue weighted by Gasteiger charge is 2.12. The van der Waals surface area contributed by atoms with Gasteiger partial charge in [0.15, 0.2) is 0 Å². The van der Waals surface area contributed by atoms with Gasteiger partial charge in [-0.15, -0.1) is 11.3 Å². The number of rotatable bonds is 7.